The van der Waals surface area contributed by atoms with Crippen molar-refractivity contribution in [1.29, 1.82) is 0 Å². The van der Waals surface area contributed by atoms with Crippen molar-refractivity contribution in [3.8, 4) is 17.2 Å². The van der Waals surface area contributed by atoms with Gasteiger partial charge in [-0.05, 0) is 61.4 Å². The first-order valence-corrected chi connectivity index (χ1v) is 12.7. The van der Waals surface area contributed by atoms with Crippen LogP contribution in [0.2, 0.25) is 15.1 Å². The molecule has 3 aromatic rings. The molecule has 1 amide bonds. The van der Waals surface area contributed by atoms with Crippen molar-refractivity contribution in [2.45, 2.75) is 31.9 Å². The molecule has 0 fully saturated rings. The van der Waals surface area contributed by atoms with E-state index in [0.29, 0.717) is 57.9 Å². The third kappa shape index (κ3) is 7.57. The van der Waals surface area contributed by atoms with E-state index < -0.39 is 18.1 Å². The number of benzene rings is 3. The topological polar surface area (TPSA) is 96.9 Å². The Morgan fingerprint density at radius 3 is 2.45 bits per heavy atom. The molecule has 2 unspecified atom stereocenters. The minimum atomic E-state index is -1.17. The first-order valence-electron chi connectivity index (χ1n) is 11.6. The van der Waals surface area contributed by atoms with E-state index in [1.807, 2.05) is 13.0 Å². The number of nitrogens with one attached hydrogen (secondary N) is 1. The second-order valence-electron chi connectivity index (χ2n) is 8.33. The van der Waals surface area contributed by atoms with Crippen LogP contribution in [0.15, 0.2) is 54.6 Å². The zero-order chi connectivity index (χ0) is 26.5. The monoisotopic (exact) mass is 585 g/mol. The number of fused-ring (bicyclic) bond motifs is 1. The standard InChI is InChI=1S/C27H24Cl3NO6.Na/c1-2-35-25(12-15-3-8-20(28)21(29)11-15)31-26(32)16-4-6-17(7-5-16)37-24-14-23-19(13-22(24)30)18(27(33)34)9-10-36-23;/h3-8,11,13-14,18,25H,2,9-10,12H2,1H3,(H,31,32)(H,33,34);/q;+1/p-1. The molecule has 0 bridgehead atoms. The fraction of sp³-hybridized carbons (Fsp3) is 0.259. The number of halogens is 3. The molecule has 4 rings (SSSR count). The molecule has 1 aliphatic heterocycles. The van der Waals surface area contributed by atoms with Crippen molar-refractivity contribution in [1.82, 2.24) is 5.32 Å². The van der Waals surface area contributed by atoms with Crippen LogP contribution < -0.4 is 49.5 Å². The Kier molecular flexibility index (Phi) is 11.2. The maximum atomic E-state index is 12.8. The van der Waals surface area contributed by atoms with E-state index in [1.54, 1.807) is 42.5 Å². The molecule has 2 atom stereocenters. The van der Waals surface area contributed by atoms with E-state index in [-0.39, 0.29) is 47.1 Å². The summed E-state index contributed by atoms with van der Waals surface area (Å²) in [5, 5.41) is 15.4. The van der Waals surface area contributed by atoms with E-state index in [2.05, 4.69) is 5.32 Å². The summed E-state index contributed by atoms with van der Waals surface area (Å²) in [6.07, 6.45) is 0.160. The van der Waals surface area contributed by atoms with Crippen LogP contribution in [0.1, 0.15) is 40.7 Å². The molecule has 3 aromatic carbocycles. The van der Waals surface area contributed by atoms with Crippen LogP contribution in [0.5, 0.6) is 17.2 Å². The number of rotatable bonds is 9. The molecule has 1 N–H and O–H groups in total. The quantitative estimate of drug-likeness (QED) is 0.306. The smallest absolute Gasteiger partial charge is 0.549 e. The van der Waals surface area contributed by atoms with Gasteiger partial charge in [-0.1, -0.05) is 40.9 Å². The Labute approximate surface area is 257 Å². The van der Waals surface area contributed by atoms with Gasteiger partial charge >= 0.3 is 29.6 Å². The van der Waals surface area contributed by atoms with E-state index in [0.717, 1.165) is 5.56 Å². The average molecular weight is 587 g/mol. The van der Waals surface area contributed by atoms with Crippen LogP contribution in [0, 0.1) is 0 Å². The van der Waals surface area contributed by atoms with Crippen molar-refractivity contribution >= 4 is 46.7 Å². The number of amides is 1. The molecule has 194 valence electrons. The van der Waals surface area contributed by atoms with Gasteiger partial charge in [0.05, 0.1) is 21.7 Å². The summed E-state index contributed by atoms with van der Waals surface area (Å²) >= 11 is 18.4. The van der Waals surface area contributed by atoms with Gasteiger partial charge in [0.2, 0.25) is 0 Å². The van der Waals surface area contributed by atoms with E-state index >= 15 is 0 Å². The zero-order valence-corrected chi connectivity index (χ0v) is 25.0. The Morgan fingerprint density at radius 1 is 1.05 bits per heavy atom. The number of carbonyl (C=O) groups is 2. The first kappa shape index (κ1) is 30.6. The third-order valence-electron chi connectivity index (χ3n) is 5.80. The predicted octanol–water partition coefficient (Wildman–Crippen LogP) is 2.39. The number of carboxylic acids is 1. The number of hydrogen-bond acceptors (Lipinski definition) is 6. The predicted molar refractivity (Wildman–Crippen MR) is 139 cm³/mol. The van der Waals surface area contributed by atoms with Crippen LogP contribution in [-0.2, 0) is 16.0 Å². The minimum absolute atomic E-state index is 0. The summed E-state index contributed by atoms with van der Waals surface area (Å²) in [5.41, 5.74) is 1.73. The molecular formula is C27H23Cl3NNaO6. The van der Waals surface area contributed by atoms with Gasteiger partial charge in [-0.2, -0.15) is 0 Å². The van der Waals surface area contributed by atoms with E-state index in [9.17, 15) is 14.7 Å². The van der Waals surface area contributed by atoms with Gasteiger partial charge in [-0.15, -0.1) is 0 Å². The second kappa shape index (κ2) is 13.9. The maximum Gasteiger partial charge on any atom is 1.00 e. The Bertz CT molecular complexity index is 1300. The molecular weight excluding hydrogens is 564 g/mol. The summed E-state index contributed by atoms with van der Waals surface area (Å²) in [6, 6.07) is 14.8. The van der Waals surface area contributed by atoms with Crippen molar-refractivity contribution < 1.29 is 58.5 Å². The second-order valence-corrected chi connectivity index (χ2v) is 9.55. The fourth-order valence-electron chi connectivity index (χ4n) is 3.98. The molecule has 7 nitrogen and oxygen atoms in total. The van der Waals surface area contributed by atoms with E-state index in [4.69, 9.17) is 49.0 Å². The minimum Gasteiger partial charge on any atom is -0.549 e. The largest absolute Gasteiger partial charge is 1.00 e. The first-order chi connectivity index (χ1) is 17.7. The average Bonchev–Trinajstić information content (AvgIpc) is 2.87. The van der Waals surface area contributed by atoms with Crippen LogP contribution in [0.3, 0.4) is 0 Å². The SMILES string of the molecule is CCOC(Cc1ccc(Cl)c(Cl)c1)NC(=O)c1ccc(Oc2cc3c(cc2Cl)C(C(=O)[O-])CCO3)cc1.[Na+]. The normalized spacial score (nSPS) is 14.9. The summed E-state index contributed by atoms with van der Waals surface area (Å²) < 4.78 is 17.2. The molecule has 1 aliphatic rings. The fourth-order valence-corrected chi connectivity index (χ4v) is 4.51. The van der Waals surface area contributed by atoms with Gasteiger partial charge in [-0.3, -0.25) is 4.79 Å². The molecule has 0 radical (unpaired) electrons. The number of ether oxygens (including phenoxy) is 3. The number of aliphatic carboxylic acids is 1. The van der Waals surface area contributed by atoms with Crippen LogP contribution in [-0.4, -0.2) is 31.3 Å². The molecule has 11 heteroatoms. The van der Waals surface area contributed by atoms with Crippen LogP contribution in [0.25, 0.3) is 0 Å². The van der Waals surface area contributed by atoms with Gasteiger partial charge in [-0.25, -0.2) is 0 Å². The molecule has 0 saturated carbocycles. The van der Waals surface area contributed by atoms with Crippen molar-refractivity contribution in [3.63, 3.8) is 0 Å². The Morgan fingerprint density at radius 2 is 1.79 bits per heavy atom. The third-order valence-corrected chi connectivity index (χ3v) is 6.83. The summed E-state index contributed by atoms with van der Waals surface area (Å²) in [4.78, 5) is 24.3. The number of carbonyl (C=O) groups excluding carboxylic acids is 2. The summed E-state index contributed by atoms with van der Waals surface area (Å²) in [6.45, 7) is 2.51. The van der Waals surface area contributed by atoms with Gasteiger partial charge in [0.1, 0.15) is 23.5 Å². The molecule has 0 saturated heterocycles. The van der Waals surface area contributed by atoms with Crippen molar-refractivity contribution in [2.75, 3.05) is 13.2 Å². The number of hydrogen-bond donors (Lipinski definition) is 1. The van der Waals surface area contributed by atoms with Gasteiger partial charge in [0.25, 0.3) is 5.91 Å². The summed E-state index contributed by atoms with van der Waals surface area (Å²) in [7, 11) is 0. The number of carboxylic acid groups (broad SMARTS) is 1. The molecule has 0 spiro atoms. The molecule has 1 heterocycles. The summed E-state index contributed by atoms with van der Waals surface area (Å²) in [5.74, 6) is -1.16. The van der Waals surface area contributed by atoms with Crippen LogP contribution >= 0.6 is 34.8 Å². The van der Waals surface area contributed by atoms with Crippen molar-refractivity contribution in [3.05, 3.63) is 86.4 Å². The zero-order valence-electron chi connectivity index (χ0n) is 20.8. The van der Waals surface area contributed by atoms with Gasteiger partial charge < -0.3 is 29.4 Å². The van der Waals surface area contributed by atoms with Crippen LogP contribution in [0.4, 0.5) is 0 Å². The van der Waals surface area contributed by atoms with E-state index in [1.165, 1.54) is 6.07 Å². The van der Waals surface area contributed by atoms with Gasteiger partial charge in [0, 0.05) is 42.1 Å². The van der Waals surface area contributed by atoms with Crippen molar-refractivity contribution in [2.24, 2.45) is 0 Å². The molecule has 38 heavy (non-hydrogen) atoms. The molecule has 0 aliphatic carbocycles. The molecule has 0 aromatic heterocycles. The maximum absolute atomic E-state index is 12.8. The Hall–Kier alpha value is -1.97. The van der Waals surface area contributed by atoms with Gasteiger partial charge in [0.15, 0.2) is 0 Å². The Balaban J connectivity index is 0.00000400.